The molecule has 5 nitrogen and oxygen atoms in total. The summed E-state index contributed by atoms with van der Waals surface area (Å²) in [7, 11) is 0. The summed E-state index contributed by atoms with van der Waals surface area (Å²) >= 11 is 0. The van der Waals surface area contributed by atoms with E-state index in [0.29, 0.717) is 18.7 Å². The van der Waals surface area contributed by atoms with Crippen molar-refractivity contribution in [1.82, 2.24) is 14.9 Å². The predicted molar refractivity (Wildman–Crippen MR) is 110 cm³/mol. The van der Waals surface area contributed by atoms with Gasteiger partial charge in [-0.05, 0) is 29.8 Å². The maximum Gasteiger partial charge on any atom is 0.286 e. The number of para-hydroxylation sites is 2. The van der Waals surface area contributed by atoms with E-state index in [4.69, 9.17) is 9.40 Å². The summed E-state index contributed by atoms with van der Waals surface area (Å²) in [5, 5.41) is 2.88. The maximum atomic E-state index is 12.0. The highest BCUT2D eigenvalue weighted by Crippen LogP contribution is 2.17. The van der Waals surface area contributed by atoms with Crippen LogP contribution in [0.1, 0.15) is 21.9 Å². The van der Waals surface area contributed by atoms with Crippen LogP contribution in [-0.4, -0.2) is 22.0 Å². The molecular formula is C23H21N3O2. The summed E-state index contributed by atoms with van der Waals surface area (Å²) in [6.45, 7) is 1.21. The first kappa shape index (κ1) is 17.8. The summed E-state index contributed by atoms with van der Waals surface area (Å²) in [6, 6.07) is 21.7. The molecule has 2 heterocycles. The van der Waals surface area contributed by atoms with Crippen LogP contribution in [0.4, 0.5) is 0 Å². The number of amides is 1. The molecule has 2 aromatic heterocycles. The van der Waals surface area contributed by atoms with Crippen LogP contribution in [0.2, 0.25) is 0 Å². The van der Waals surface area contributed by atoms with Crippen LogP contribution < -0.4 is 5.32 Å². The van der Waals surface area contributed by atoms with E-state index in [1.54, 1.807) is 12.1 Å². The molecule has 0 bridgehead atoms. The first-order valence-electron chi connectivity index (χ1n) is 9.29. The van der Waals surface area contributed by atoms with E-state index in [9.17, 15) is 4.79 Å². The Kier molecular flexibility index (Phi) is 5.33. The predicted octanol–water partition coefficient (Wildman–Crippen LogP) is 4.32. The molecule has 28 heavy (non-hydrogen) atoms. The number of furan rings is 1. The Hall–Kier alpha value is -3.60. The molecule has 0 unspecified atom stereocenters. The van der Waals surface area contributed by atoms with Gasteiger partial charge in [0, 0.05) is 19.5 Å². The van der Waals surface area contributed by atoms with E-state index >= 15 is 0 Å². The topological polar surface area (TPSA) is 60.1 Å². The standard InChI is InChI=1S/C23H21N3O2/c27-23(21-13-7-17-28-21)24-15-14-22-25-19-11-4-5-12-20(19)26(22)16-6-10-18-8-2-1-3-9-18/h1-13,17H,14-16H2,(H,24,27)/b10-6+. The van der Waals surface area contributed by atoms with E-state index < -0.39 is 0 Å². The van der Waals surface area contributed by atoms with Gasteiger partial charge in [0.1, 0.15) is 5.82 Å². The highest BCUT2D eigenvalue weighted by atomic mass is 16.3. The number of carbonyl (C=O) groups is 1. The van der Waals surface area contributed by atoms with Gasteiger partial charge in [-0.25, -0.2) is 4.98 Å². The number of carbonyl (C=O) groups excluding carboxylic acids is 1. The average Bonchev–Trinajstić information content (AvgIpc) is 3.38. The van der Waals surface area contributed by atoms with E-state index in [-0.39, 0.29) is 5.91 Å². The number of nitrogens with one attached hydrogen (secondary N) is 1. The van der Waals surface area contributed by atoms with E-state index in [0.717, 1.165) is 23.4 Å². The van der Waals surface area contributed by atoms with Crippen molar-refractivity contribution < 1.29 is 9.21 Å². The van der Waals surface area contributed by atoms with Gasteiger partial charge in [-0.3, -0.25) is 4.79 Å². The molecule has 0 aliphatic rings. The third-order valence-electron chi connectivity index (χ3n) is 4.51. The molecule has 0 saturated heterocycles. The van der Waals surface area contributed by atoms with Gasteiger partial charge in [-0.1, -0.05) is 54.6 Å². The molecule has 0 radical (unpaired) electrons. The number of aromatic nitrogens is 2. The Labute approximate surface area is 163 Å². The van der Waals surface area contributed by atoms with Gasteiger partial charge < -0.3 is 14.3 Å². The first-order chi connectivity index (χ1) is 13.8. The third kappa shape index (κ3) is 4.04. The van der Waals surface area contributed by atoms with Crippen molar-refractivity contribution in [2.45, 2.75) is 13.0 Å². The van der Waals surface area contributed by atoms with Gasteiger partial charge in [-0.2, -0.15) is 0 Å². The Morgan fingerprint density at radius 3 is 2.68 bits per heavy atom. The quantitative estimate of drug-likeness (QED) is 0.526. The van der Waals surface area contributed by atoms with Crippen molar-refractivity contribution in [3.05, 3.63) is 96.2 Å². The number of imidazole rings is 1. The average molecular weight is 371 g/mol. The lowest BCUT2D eigenvalue weighted by Gasteiger charge is -2.07. The van der Waals surface area contributed by atoms with Gasteiger partial charge in [0.25, 0.3) is 5.91 Å². The molecule has 1 amide bonds. The fraction of sp³-hybridized carbons (Fsp3) is 0.130. The van der Waals surface area contributed by atoms with Gasteiger partial charge in [0.05, 0.1) is 17.3 Å². The molecule has 0 fully saturated rings. The molecule has 140 valence electrons. The molecule has 2 aromatic carbocycles. The smallest absolute Gasteiger partial charge is 0.286 e. The minimum atomic E-state index is -0.211. The van der Waals surface area contributed by atoms with Crippen LogP contribution in [0.5, 0.6) is 0 Å². The largest absolute Gasteiger partial charge is 0.459 e. The highest BCUT2D eigenvalue weighted by Gasteiger charge is 2.11. The fourth-order valence-corrected chi connectivity index (χ4v) is 3.16. The molecule has 0 aliphatic heterocycles. The lowest BCUT2D eigenvalue weighted by Crippen LogP contribution is -2.26. The number of hydrogen-bond acceptors (Lipinski definition) is 3. The Bertz CT molecular complexity index is 1080. The van der Waals surface area contributed by atoms with Crippen LogP contribution in [-0.2, 0) is 13.0 Å². The van der Waals surface area contributed by atoms with Crippen molar-refractivity contribution in [1.29, 1.82) is 0 Å². The monoisotopic (exact) mass is 371 g/mol. The van der Waals surface area contributed by atoms with Crippen LogP contribution in [0.25, 0.3) is 17.1 Å². The molecule has 4 aromatic rings. The summed E-state index contributed by atoms with van der Waals surface area (Å²) in [5.41, 5.74) is 3.22. The van der Waals surface area contributed by atoms with E-state index in [2.05, 4.69) is 40.2 Å². The molecule has 5 heteroatoms. The van der Waals surface area contributed by atoms with Crippen LogP contribution >= 0.6 is 0 Å². The first-order valence-corrected chi connectivity index (χ1v) is 9.29. The van der Waals surface area contributed by atoms with E-state index in [1.165, 1.54) is 11.8 Å². The van der Waals surface area contributed by atoms with Gasteiger partial charge in [0.2, 0.25) is 0 Å². The fourth-order valence-electron chi connectivity index (χ4n) is 3.16. The minimum Gasteiger partial charge on any atom is -0.459 e. The zero-order valence-corrected chi connectivity index (χ0v) is 15.4. The third-order valence-corrected chi connectivity index (χ3v) is 4.51. The Morgan fingerprint density at radius 2 is 1.86 bits per heavy atom. The number of benzene rings is 2. The molecule has 0 atom stereocenters. The SMILES string of the molecule is O=C(NCCc1nc2ccccc2n1C/C=C/c1ccccc1)c1ccco1. The number of rotatable bonds is 7. The molecule has 0 saturated carbocycles. The zero-order chi connectivity index (χ0) is 19.2. The second-order valence-electron chi connectivity index (χ2n) is 6.42. The van der Waals surface area contributed by atoms with Crippen LogP contribution in [0, 0.1) is 0 Å². The van der Waals surface area contributed by atoms with Crippen LogP contribution in [0.3, 0.4) is 0 Å². The number of nitrogens with zero attached hydrogens (tertiary/aromatic N) is 2. The van der Waals surface area contributed by atoms with Crippen molar-refractivity contribution in [2.75, 3.05) is 6.54 Å². The Morgan fingerprint density at radius 1 is 1.04 bits per heavy atom. The molecular weight excluding hydrogens is 350 g/mol. The van der Waals surface area contributed by atoms with Crippen molar-refractivity contribution in [3.63, 3.8) is 0 Å². The molecule has 0 spiro atoms. The van der Waals surface area contributed by atoms with Gasteiger partial charge in [0.15, 0.2) is 5.76 Å². The summed E-state index contributed by atoms with van der Waals surface area (Å²) in [4.78, 5) is 16.8. The van der Waals surface area contributed by atoms with Gasteiger partial charge >= 0.3 is 0 Å². The lowest BCUT2D eigenvalue weighted by molar-refractivity contribution is 0.0926. The number of fused-ring (bicyclic) bond motifs is 1. The van der Waals surface area contributed by atoms with Crippen molar-refractivity contribution in [2.24, 2.45) is 0 Å². The maximum absolute atomic E-state index is 12.0. The highest BCUT2D eigenvalue weighted by molar-refractivity contribution is 5.91. The molecule has 4 rings (SSSR count). The number of allylic oxidation sites excluding steroid dienone is 1. The second kappa shape index (κ2) is 8.39. The van der Waals surface area contributed by atoms with Crippen molar-refractivity contribution in [3.8, 4) is 0 Å². The van der Waals surface area contributed by atoms with Crippen molar-refractivity contribution >= 4 is 23.0 Å². The second-order valence-corrected chi connectivity index (χ2v) is 6.42. The Balaban J connectivity index is 1.48. The zero-order valence-electron chi connectivity index (χ0n) is 15.4. The molecule has 1 N–H and O–H groups in total. The lowest BCUT2D eigenvalue weighted by atomic mass is 10.2. The number of hydrogen-bond donors (Lipinski definition) is 1. The minimum absolute atomic E-state index is 0.211. The van der Waals surface area contributed by atoms with Gasteiger partial charge in [-0.15, -0.1) is 0 Å². The molecule has 0 aliphatic carbocycles. The summed E-state index contributed by atoms with van der Waals surface area (Å²) < 4.78 is 7.31. The summed E-state index contributed by atoms with van der Waals surface area (Å²) in [6.07, 6.45) is 6.37. The summed E-state index contributed by atoms with van der Waals surface area (Å²) in [5.74, 6) is 1.05. The van der Waals surface area contributed by atoms with Crippen LogP contribution in [0.15, 0.2) is 83.5 Å². The normalized spacial score (nSPS) is 11.3. The van der Waals surface area contributed by atoms with E-state index in [1.807, 2.05) is 36.4 Å².